The van der Waals surface area contributed by atoms with Gasteiger partial charge in [0.05, 0.1) is 0 Å². The summed E-state index contributed by atoms with van der Waals surface area (Å²) in [5.41, 5.74) is 6.68. The Hall–Kier alpha value is -3.71. The van der Waals surface area contributed by atoms with Gasteiger partial charge in [0.25, 0.3) is 6.23 Å². The van der Waals surface area contributed by atoms with Crippen molar-refractivity contribution < 1.29 is 43.7 Å². The molecule has 1 aromatic rings. The van der Waals surface area contributed by atoms with E-state index in [0.717, 1.165) is 57.2 Å². The predicted molar refractivity (Wildman–Crippen MR) is 141 cm³/mol. The monoisotopic (exact) mass is 562 g/mol. The minimum absolute atomic E-state index is 0.0552. The van der Waals surface area contributed by atoms with Crippen molar-refractivity contribution in [3.63, 3.8) is 0 Å². The predicted octanol–water partition coefficient (Wildman–Crippen LogP) is 1.20. The molecule has 1 saturated carbocycles. The van der Waals surface area contributed by atoms with Gasteiger partial charge < -0.3 is 35.6 Å². The zero-order valence-corrected chi connectivity index (χ0v) is 22.3. The maximum Gasteiger partial charge on any atom is 0.405 e. The van der Waals surface area contributed by atoms with Crippen molar-refractivity contribution in [2.24, 2.45) is 11.7 Å². The van der Waals surface area contributed by atoms with Crippen LogP contribution in [0.1, 0.15) is 56.9 Å². The first-order valence-electron chi connectivity index (χ1n) is 13.6. The van der Waals surface area contributed by atoms with Crippen molar-refractivity contribution in [1.29, 1.82) is 0 Å². The highest BCUT2D eigenvalue weighted by molar-refractivity contribution is 5.86. The highest BCUT2D eigenvalue weighted by Crippen LogP contribution is 2.27. The molecule has 3 fully saturated rings. The first kappa shape index (κ1) is 30.8. The van der Waals surface area contributed by atoms with Gasteiger partial charge in [0.15, 0.2) is 0 Å². The Kier molecular flexibility index (Phi) is 11.7. The van der Waals surface area contributed by atoms with E-state index >= 15 is 0 Å². The van der Waals surface area contributed by atoms with Gasteiger partial charge in [-0.3, -0.25) is 19.7 Å². The topological polar surface area (TPSA) is 198 Å². The smallest absolute Gasteiger partial charge is 0.405 e. The molecule has 4 rings (SSSR count). The number of likely N-dealkylation sites (tertiary alicyclic amines) is 1. The Balaban J connectivity index is 0.000000222. The lowest BCUT2D eigenvalue weighted by molar-refractivity contribution is -0.163. The van der Waals surface area contributed by atoms with Crippen molar-refractivity contribution in [1.82, 2.24) is 15.5 Å². The van der Waals surface area contributed by atoms with E-state index in [1.54, 1.807) is 17.0 Å². The zero-order valence-electron chi connectivity index (χ0n) is 22.3. The molecular weight excluding hydrogens is 524 g/mol. The average molecular weight is 563 g/mol. The second kappa shape index (κ2) is 15.2. The zero-order chi connectivity index (χ0) is 29.1. The van der Waals surface area contributed by atoms with Crippen molar-refractivity contribution in [3.8, 4) is 0 Å². The van der Waals surface area contributed by atoms with Gasteiger partial charge in [-0.25, -0.2) is 9.59 Å². The summed E-state index contributed by atoms with van der Waals surface area (Å²) in [5, 5.41) is 22.6. The summed E-state index contributed by atoms with van der Waals surface area (Å²) in [7, 11) is 0. The number of hydrogen-bond acceptors (Lipinski definition) is 9. The van der Waals surface area contributed by atoms with E-state index in [0.29, 0.717) is 0 Å². The molecule has 1 unspecified atom stereocenters. The number of nitrogens with zero attached hydrogens (tertiary/aromatic N) is 1. The third kappa shape index (κ3) is 9.49. The van der Waals surface area contributed by atoms with Crippen LogP contribution < -0.4 is 16.4 Å². The van der Waals surface area contributed by atoms with Crippen LogP contribution in [0.5, 0.6) is 0 Å². The lowest BCUT2D eigenvalue weighted by Gasteiger charge is -2.33. The van der Waals surface area contributed by atoms with E-state index in [-0.39, 0.29) is 37.3 Å². The normalized spacial score (nSPS) is 24.7. The van der Waals surface area contributed by atoms with Crippen LogP contribution in [0.4, 0.5) is 4.79 Å². The lowest BCUT2D eigenvalue weighted by Crippen LogP contribution is -2.52. The maximum atomic E-state index is 12.4. The van der Waals surface area contributed by atoms with Crippen LogP contribution in [0.2, 0.25) is 0 Å². The van der Waals surface area contributed by atoms with E-state index < -0.39 is 42.3 Å². The van der Waals surface area contributed by atoms with E-state index in [1.165, 1.54) is 0 Å². The number of carboxylic acids is 1. The van der Waals surface area contributed by atoms with Crippen LogP contribution in [-0.4, -0.2) is 82.5 Å². The molecule has 0 aromatic heterocycles. The first-order chi connectivity index (χ1) is 19.1. The molecule has 13 nitrogen and oxygen atoms in total. The number of amides is 2. The fourth-order valence-electron chi connectivity index (χ4n) is 5.00. The highest BCUT2D eigenvalue weighted by Gasteiger charge is 2.39. The number of carbonyl (C=O) groups is 5. The number of carboxylic acid groups (broad SMARTS) is 2. The maximum absolute atomic E-state index is 12.4. The fraction of sp³-hybridized carbons (Fsp3) is 0.593. The van der Waals surface area contributed by atoms with Crippen LogP contribution in [-0.2, 0) is 35.3 Å². The van der Waals surface area contributed by atoms with Gasteiger partial charge in [0.2, 0.25) is 5.91 Å². The molecule has 220 valence electrons. The van der Waals surface area contributed by atoms with Crippen LogP contribution in [0.15, 0.2) is 30.3 Å². The minimum Gasteiger partial charge on any atom is -0.481 e. The molecule has 13 heteroatoms. The van der Waals surface area contributed by atoms with Crippen molar-refractivity contribution in [2.75, 3.05) is 13.1 Å². The molecule has 2 aliphatic heterocycles. The third-order valence-corrected chi connectivity index (χ3v) is 7.21. The number of nitrogens with one attached hydrogen (secondary N) is 2. The number of rotatable bonds is 9. The second-order valence-electron chi connectivity index (χ2n) is 10.2. The van der Waals surface area contributed by atoms with E-state index in [1.807, 2.05) is 18.2 Å². The lowest BCUT2D eigenvalue weighted by atomic mass is 9.81. The molecule has 2 saturated heterocycles. The minimum atomic E-state index is -1.18. The summed E-state index contributed by atoms with van der Waals surface area (Å²) >= 11 is 0. The number of carbonyl (C=O) groups excluding carboxylic acids is 3. The van der Waals surface area contributed by atoms with Crippen molar-refractivity contribution in [3.05, 3.63) is 35.9 Å². The number of hydrogen-bond donors (Lipinski definition) is 5. The average Bonchev–Trinajstić information content (AvgIpc) is 3.60. The Labute approximate surface area is 232 Å². The number of nitrogens with two attached hydrogens (primary N) is 1. The van der Waals surface area contributed by atoms with Crippen LogP contribution in [0.25, 0.3) is 0 Å². The molecule has 2 amide bonds. The van der Waals surface area contributed by atoms with E-state index in [2.05, 4.69) is 10.6 Å². The highest BCUT2D eigenvalue weighted by atomic mass is 16.6. The number of benzene rings is 1. The quantitative estimate of drug-likeness (QED) is 0.271. The Morgan fingerprint density at radius 3 is 2.33 bits per heavy atom. The van der Waals surface area contributed by atoms with Crippen LogP contribution >= 0.6 is 0 Å². The Morgan fingerprint density at radius 1 is 1.07 bits per heavy atom. The molecule has 0 bridgehead atoms. The number of esters is 2. The fourth-order valence-corrected chi connectivity index (χ4v) is 5.00. The van der Waals surface area contributed by atoms with Crippen molar-refractivity contribution >= 4 is 29.9 Å². The van der Waals surface area contributed by atoms with Gasteiger partial charge in [-0.1, -0.05) is 30.3 Å². The van der Waals surface area contributed by atoms with Crippen LogP contribution in [0, 0.1) is 5.92 Å². The molecule has 40 heavy (non-hydrogen) atoms. The first-order valence-corrected chi connectivity index (χ1v) is 13.6. The molecule has 0 spiro atoms. The Bertz CT molecular complexity index is 1020. The van der Waals surface area contributed by atoms with E-state index in [9.17, 15) is 24.0 Å². The van der Waals surface area contributed by atoms with Crippen LogP contribution in [0.3, 0.4) is 0 Å². The summed E-state index contributed by atoms with van der Waals surface area (Å²) in [4.78, 5) is 58.9. The van der Waals surface area contributed by atoms with E-state index in [4.69, 9.17) is 25.4 Å². The van der Waals surface area contributed by atoms with Gasteiger partial charge in [-0.2, -0.15) is 0 Å². The summed E-state index contributed by atoms with van der Waals surface area (Å²) < 4.78 is 9.88. The van der Waals surface area contributed by atoms with Gasteiger partial charge in [0, 0.05) is 25.6 Å². The Morgan fingerprint density at radius 2 is 1.73 bits per heavy atom. The molecule has 2 heterocycles. The molecule has 3 atom stereocenters. The summed E-state index contributed by atoms with van der Waals surface area (Å²) in [6, 6.07) is 7.90. The van der Waals surface area contributed by atoms with Gasteiger partial charge in [0.1, 0.15) is 18.7 Å². The van der Waals surface area contributed by atoms with Gasteiger partial charge in [-0.15, -0.1) is 0 Å². The third-order valence-electron chi connectivity index (χ3n) is 7.21. The SMILES string of the molecule is NC1CCC([C@H](NC(=O)O)C(=O)N2CCCC2)CC1.O=C(O)CCC1N[C@H](C(=O)OCc2ccccc2)OC1=O. The number of aliphatic carboxylic acids is 1. The molecular formula is C27H38N4O9. The number of cyclic esters (lactones) is 1. The molecule has 6 N–H and O–H groups in total. The molecule has 3 aliphatic rings. The van der Waals surface area contributed by atoms with Crippen molar-refractivity contribution in [2.45, 2.75) is 82.3 Å². The summed E-state index contributed by atoms with van der Waals surface area (Å²) in [5.74, 6) is -2.33. The summed E-state index contributed by atoms with van der Waals surface area (Å²) in [6.07, 6.45) is 3.01. The number of ether oxygens (including phenoxy) is 2. The second-order valence-corrected chi connectivity index (χ2v) is 10.2. The molecule has 0 radical (unpaired) electrons. The molecule has 1 aliphatic carbocycles. The molecule has 1 aromatic carbocycles. The standard InChI is InChI=1S/C14H15NO6.C13H23N3O3/c16-11(17)7-6-10-13(18)21-12(15-10)14(19)20-8-9-4-2-1-3-5-9;14-10-5-3-9(4-6-10)11(15-13(18)19)12(17)16-7-1-2-8-16/h1-5,10,12,15H,6-8H2,(H,16,17);9-11,15H,1-8,14H2,(H,18,19)/t10?,12-;9?,10?,11-/m00/s1. The largest absolute Gasteiger partial charge is 0.481 e. The van der Waals surface area contributed by atoms with Gasteiger partial charge >= 0.3 is 24.0 Å². The van der Waals surface area contributed by atoms with Gasteiger partial charge in [-0.05, 0) is 56.4 Å². The summed E-state index contributed by atoms with van der Waals surface area (Å²) in [6.45, 7) is 1.58.